The maximum Gasteiger partial charge on any atom is 0.0723 e. The minimum absolute atomic E-state index is 0.456. The van der Waals surface area contributed by atoms with Gasteiger partial charge in [0, 0.05) is 36.3 Å². The van der Waals surface area contributed by atoms with Crippen molar-refractivity contribution in [2.24, 2.45) is 5.73 Å². The van der Waals surface area contributed by atoms with Crippen molar-refractivity contribution in [2.75, 3.05) is 11.4 Å². The minimum atomic E-state index is 0.456. The highest BCUT2D eigenvalue weighted by Gasteiger charge is 2.17. The van der Waals surface area contributed by atoms with E-state index in [0.717, 1.165) is 17.6 Å². The zero-order valence-corrected chi connectivity index (χ0v) is 13.5. The van der Waals surface area contributed by atoms with Gasteiger partial charge >= 0.3 is 0 Å². The molecule has 0 saturated carbocycles. The van der Waals surface area contributed by atoms with Crippen LogP contribution in [0.1, 0.15) is 45.6 Å². The second-order valence-electron chi connectivity index (χ2n) is 5.85. The second-order valence-corrected chi connectivity index (χ2v) is 5.85. The van der Waals surface area contributed by atoms with Gasteiger partial charge in [0.1, 0.15) is 0 Å². The standard InChI is InChI=1S/C18H27N3/c1-4-5-8-11-21(14(2)3)18-15(12-19)13-20-17-10-7-6-9-16(17)18/h6-7,9-10,13-14H,4-5,8,11-12,19H2,1-3H3. The van der Waals surface area contributed by atoms with E-state index in [4.69, 9.17) is 5.73 Å². The first-order valence-corrected chi connectivity index (χ1v) is 8.02. The van der Waals surface area contributed by atoms with Crippen molar-refractivity contribution in [2.45, 2.75) is 52.6 Å². The van der Waals surface area contributed by atoms with Crippen LogP contribution in [-0.4, -0.2) is 17.6 Å². The normalized spacial score (nSPS) is 11.3. The van der Waals surface area contributed by atoms with Gasteiger partial charge in [-0.2, -0.15) is 0 Å². The van der Waals surface area contributed by atoms with Crippen LogP contribution >= 0.6 is 0 Å². The van der Waals surface area contributed by atoms with Gasteiger partial charge in [-0.05, 0) is 26.3 Å². The lowest BCUT2D eigenvalue weighted by molar-refractivity contribution is 0.625. The fraction of sp³-hybridized carbons (Fsp3) is 0.500. The summed E-state index contributed by atoms with van der Waals surface area (Å²) in [5.41, 5.74) is 9.43. The van der Waals surface area contributed by atoms with Crippen LogP contribution in [0.15, 0.2) is 30.5 Å². The Morgan fingerprint density at radius 2 is 1.95 bits per heavy atom. The summed E-state index contributed by atoms with van der Waals surface area (Å²) in [5.74, 6) is 0. The lowest BCUT2D eigenvalue weighted by Gasteiger charge is -2.32. The first-order chi connectivity index (χ1) is 10.2. The SMILES string of the molecule is CCCCCN(c1c(CN)cnc2ccccc12)C(C)C. The van der Waals surface area contributed by atoms with E-state index >= 15 is 0 Å². The van der Waals surface area contributed by atoms with Crippen LogP contribution in [0.2, 0.25) is 0 Å². The molecule has 21 heavy (non-hydrogen) atoms. The quantitative estimate of drug-likeness (QED) is 0.779. The number of pyridine rings is 1. The average Bonchev–Trinajstić information content (AvgIpc) is 2.50. The Hall–Kier alpha value is -1.61. The third kappa shape index (κ3) is 3.53. The molecule has 0 unspecified atom stereocenters. The Labute approximate surface area is 128 Å². The summed E-state index contributed by atoms with van der Waals surface area (Å²) >= 11 is 0. The number of benzene rings is 1. The van der Waals surface area contributed by atoms with Crippen LogP contribution in [0.4, 0.5) is 5.69 Å². The maximum absolute atomic E-state index is 5.97. The van der Waals surface area contributed by atoms with Crippen LogP contribution < -0.4 is 10.6 Å². The van der Waals surface area contributed by atoms with Crippen LogP contribution in [-0.2, 0) is 6.54 Å². The number of para-hydroxylation sites is 1. The van der Waals surface area contributed by atoms with Crippen molar-refractivity contribution in [1.82, 2.24) is 4.98 Å². The molecule has 1 aromatic heterocycles. The van der Waals surface area contributed by atoms with E-state index < -0.39 is 0 Å². The summed E-state index contributed by atoms with van der Waals surface area (Å²) in [6.07, 6.45) is 5.67. The summed E-state index contributed by atoms with van der Waals surface area (Å²) in [6, 6.07) is 8.81. The number of nitrogens with two attached hydrogens (primary N) is 1. The Bertz CT molecular complexity index is 578. The van der Waals surface area contributed by atoms with Gasteiger partial charge in [-0.15, -0.1) is 0 Å². The number of aromatic nitrogens is 1. The van der Waals surface area contributed by atoms with Gasteiger partial charge < -0.3 is 10.6 Å². The molecule has 0 aliphatic rings. The number of fused-ring (bicyclic) bond motifs is 1. The number of hydrogen-bond acceptors (Lipinski definition) is 3. The van der Waals surface area contributed by atoms with Gasteiger partial charge in [-0.25, -0.2) is 0 Å². The van der Waals surface area contributed by atoms with Crippen molar-refractivity contribution in [1.29, 1.82) is 0 Å². The Morgan fingerprint density at radius 3 is 2.62 bits per heavy atom. The lowest BCUT2D eigenvalue weighted by atomic mass is 10.1. The van der Waals surface area contributed by atoms with E-state index in [1.165, 1.54) is 30.3 Å². The van der Waals surface area contributed by atoms with E-state index in [9.17, 15) is 0 Å². The summed E-state index contributed by atoms with van der Waals surface area (Å²) in [7, 11) is 0. The van der Waals surface area contributed by atoms with Crippen LogP contribution in [0.25, 0.3) is 10.9 Å². The van der Waals surface area contributed by atoms with Crippen molar-refractivity contribution >= 4 is 16.6 Å². The van der Waals surface area contributed by atoms with Crippen LogP contribution in [0, 0.1) is 0 Å². The molecule has 0 fully saturated rings. The third-order valence-electron chi connectivity index (χ3n) is 3.96. The van der Waals surface area contributed by atoms with Crippen LogP contribution in [0.3, 0.4) is 0 Å². The molecule has 2 rings (SSSR count). The van der Waals surface area contributed by atoms with E-state index in [1.807, 2.05) is 12.3 Å². The molecule has 0 aliphatic heterocycles. The fourth-order valence-corrected chi connectivity index (χ4v) is 2.82. The molecule has 0 spiro atoms. The number of anilines is 1. The zero-order valence-electron chi connectivity index (χ0n) is 13.5. The Balaban J connectivity index is 2.48. The Morgan fingerprint density at radius 1 is 1.19 bits per heavy atom. The van der Waals surface area contributed by atoms with Crippen molar-refractivity contribution in [3.05, 3.63) is 36.0 Å². The Kier molecular flexibility index (Phi) is 5.57. The largest absolute Gasteiger partial charge is 0.368 e. The zero-order chi connectivity index (χ0) is 15.2. The van der Waals surface area contributed by atoms with Crippen molar-refractivity contribution < 1.29 is 0 Å². The smallest absolute Gasteiger partial charge is 0.0723 e. The van der Waals surface area contributed by atoms with Crippen molar-refractivity contribution in [3.63, 3.8) is 0 Å². The first kappa shape index (κ1) is 15.8. The van der Waals surface area contributed by atoms with E-state index in [0.29, 0.717) is 12.6 Å². The minimum Gasteiger partial charge on any atom is -0.368 e. The molecule has 1 heterocycles. The molecule has 0 atom stereocenters. The van der Waals surface area contributed by atoms with Gasteiger partial charge in [-0.1, -0.05) is 38.0 Å². The predicted molar refractivity (Wildman–Crippen MR) is 91.6 cm³/mol. The van der Waals surface area contributed by atoms with Gasteiger partial charge in [0.15, 0.2) is 0 Å². The number of hydrogen-bond donors (Lipinski definition) is 1. The van der Waals surface area contributed by atoms with E-state index in [-0.39, 0.29) is 0 Å². The molecule has 0 aliphatic carbocycles. The maximum atomic E-state index is 5.97. The monoisotopic (exact) mass is 285 g/mol. The van der Waals surface area contributed by atoms with Crippen LogP contribution in [0.5, 0.6) is 0 Å². The molecule has 2 aromatic rings. The van der Waals surface area contributed by atoms with Gasteiger partial charge in [0.25, 0.3) is 0 Å². The van der Waals surface area contributed by atoms with Crippen molar-refractivity contribution in [3.8, 4) is 0 Å². The highest BCUT2D eigenvalue weighted by atomic mass is 15.2. The highest BCUT2D eigenvalue weighted by Crippen LogP contribution is 2.31. The lowest BCUT2D eigenvalue weighted by Crippen LogP contribution is -2.33. The molecule has 0 radical (unpaired) electrons. The molecule has 2 N–H and O–H groups in total. The van der Waals surface area contributed by atoms with Gasteiger partial charge in [-0.3, -0.25) is 4.98 Å². The van der Waals surface area contributed by atoms with Gasteiger partial charge in [0.05, 0.1) is 11.2 Å². The van der Waals surface area contributed by atoms with E-state index in [2.05, 4.69) is 48.9 Å². The third-order valence-corrected chi connectivity index (χ3v) is 3.96. The summed E-state index contributed by atoms with van der Waals surface area (Å²) in [5, 5.41) is 1.21. The van der Waals surface area contributed by atoms with Gasteiger partial charge in [0.2, 0.25) is 0 Å². The first-order valence-electron chi connectivity index (χ1n) is 8.02. The molecular weight excluding hydrogens is 258 g/mol. The summed E-state index contributed by atoms with van der Waals surface area (Å²) in [4.78, 5) is 7.03. The topological polar surface area (TPSA) is 42.1 Å². The number of unbranched alkanes of at least 4 members (excludes halogenated alkanes) is 2. The highest BCUT2D eigenvalue weighted by molar-refractivity contribution is 5.93. The fourth-order valence-electron chi connectivity index (χ4n) is 2.82. The number of rotatable bonds is 7. The molecular formula is C18H27N3. The molecule has 3 nitrogen and oxygen atoms in total. The molecule has 0 bridgehead atoms. The van der Waals surface area contributed by atoms with E-state index in [1.54, 1.807) is 0 Å². The molecule has 1 aromatic carbocycles. The molecule has 0 amide bonds. The number of nitrogens with zero attached hydrogens (tertiary/aromatic N) is 2. The predicted octanol–water partition coefficient (Wildman–Crippen LogP) is 4.10. The molecule has 114 valence electrons. The average molecular weight is 285 g/mol. The summed E-state index contributed by atoms with van der Waals surface area (Å²) < 4.78 is 0. The molecule has 0 saturated heterocycles. The summed E-state index contributed by atoms with van der Waals surface area (Å²) in [6.45, 7) is 8.35. The second kappa shape index (κ2) is 7.41. The molecule has 3 heteroatoms.